The fourth-order valence-corrected chi connectivity index (χ4v) is 4.73. The molecule has 0 aliphatic heterocycles. The number of aryl methyl sites for hydroxylation is 1. The predicted molar refractivity (Wildman–Crippen MR) is 140 cm³/mol. The minimum atomic E-state index is 0.188. The van der Waals surface area contributed by atoms with Crippen LogP contribution in [0.5, 0.6) is 0 Å². The van der Waals surface area contributed by atoms with E-state index in [2.05, 4.69) is 35.3 Å². The number of carbonyl (C=O) groups is 1. The van der Waals surface area contributed by atoms with E-state index in [-0.39, 0.29) is 24.0 Å². The maximum absolute atomic E-state index is 13.2. The maximum Gasteiger partial charge on any atom is 0.223 e. The first-order valence-corrected chi connectivity index (χ1v) is 13.0. The van der Waals surface area contributed by atoms with Crippen LogP contribution in [0.2, 0.25) is 0 Å². The van der Waals surface area contributed by atoms with E-state index in [4.69, 9.17) is 0 Å². The number of nitrogens with one attached hydrogen (secondary N) is 2. The molecule has 0 saturated heterocycles. The number of nitrogens with zero attached hydrogens (tertiary/aromatic N) is 2. The van der Waals surface area contributed by atoms with Crippen LogP contribution >= 0.6 is 12.1 Å². The Hall–Kier alpha value is -2.54. The number of carbonyl (C=O) groups excluding carboxylic acids is 1. The van der Waals surface area contributed by atoms with Gasteiger partial charge in [0.25, 0.3) is 0 Å². The summed E-state index contributed by atoms with van der Waals surface area (Å²) in [4.78, 5) is 12.9. The number of hydrogen-bond donors (Lipinski definition) is 2. The number of hydrogen-bond acceptors (Lipinski definition) is 4. The normalized spacial score (nSPS) is 15.1. The SMILES string of the molecule is C=C(/C=C(/NCCCCNC(=O)C1CCCCCC1)n1ncc(SF)c1C)c1ccccc1C. The van der Waals surface area contributed by atoms with Gasteiger partial charge in [-0.05, 0) is 62.3 Å². The Morgan fingerprint density at radius 3 is 2.47 bits per heavy atom. The van der Waals surface area contributed by atoms with Gasteiger partial charge in [0.05, 0.1) is 28.9 Å². The Balaban J connectivity index is 1.57. The van der Waals surface area contributed by atoms with Crippen LogP contribution in [0.4, 0.5) is 3.89 Å². The summed E-state index contributed by atoms with van der Waals surface area (Å²) in [6.45, 7) is 9.56. The number of halogens is 1. The molecule has 1 fully saturated rings. The van der Waals surface area contributed by atoms with Gasteiger partial charge in [-0.25, -0.2) is 4.68 Å². The molecule has 1 aromatic carbocycles. The molecule has 1 aromatic heterocycles. The molecule has 1 heterocycles. The Kier molecular flexibility index (Phi) is 10.3. The molecule has 0 bridgehead atoms. The molecule has 1 amide bonds. The van der Waals surface area contributed by atoms with Gasteiger partial charge in [-0.3, -0.25) is 4.79 Å². The summed E-state index contributed by atoms with van der Waals surface area (Å²) >= 11 is 0.201. The van der Waals surface area contributed by atoms with Gasteiger partial charge in [-0.2, -0.15) is 8.98 Å². The Morgan fingerprint density at radius 2 is 1.82 bits per heavy atom. The molecule has 0 atom stereocenters. The zero-order valence-corrected chi connectivity index (χ0v) is 21.2. The molecular formula is C27H37FN4OS. The van der Waals surface area contributed by atoms with Gasteiger partial charge in [-0.15, -0.1) is 0 Å². The summed E-state index contributed by atoms with van der Waals surface area (Å²) in [7, 11) is 0. The average molecular weight is 485 g/mol. The number of amides is 1. The summed E-state index contributed by atoms with van der Waals surface area (Å²) in [6, 6.07) is 8.10. The van der Waals surface area contributed by atoms with Crippen LogP contribution in [0.25, 0.3) is 11.4 Å². The molecule has 0 unspecified atom stereocenters. The molecule has 1 aliphatic carbocycles. The van der Waals surface area contributed by atoms with Crippen molar-refractivity contribution in [3.05, 3.63) is 59.9 Å². The van der Waals surface area contributed by atoms with Crippen molar-refractivity contribution in [2.45, 2.75) is 70.1 Å². The first kappa shape index (κ1) is 26.1. The van der Waals surface area contributed by atoms with Crippen LogP contribution in [0, 0.1) is 19.8 Å². The van der Waals surface area contributed by atoms with E-state index < -0.39 is 0 Å². The van der Waals surface area contributed by atoms with Crippen molar-refractivity contribution in [1.82, 2.24) is 20.4 Å². The molecule has 2 aromatic rings. The second-order valence-corrected chi connectivity index (χ2v) is 9.66. The van der Waals surface area contributed by atoms with E-state index in [9.17, 15) is 8.68 Å². The van der Waals surface area contributed by atoms with E-state index in [1.807, 2.05) is 31.2 Å². The van der Waals surface area contributed by atoms with Crippen LogP contribution in [0.15, 0.2) is 48.0 Å². The predicted octanol–water partition coefficient (Wildman–Crippen LogP) is 6.44. The number of benzene rings is 1. The monoisotopic (exact) mass is 484 g/mol. The minimum Gasteiger partial charge on any atom is -0.370 e. The van der Waals surface area contributed by atoms with Crippen LogP contribution in [-0.4, -0.2) is 28.8 Å². The van der Waals surface area contributed by atoms with E-state index in [1.165, 1.54) is 31.9 Å². The van der Waals surface area contributed by atoms with Crippen LogP contribution in [-0.2, 0) is 4.79 Å². The first-order valence-electron chi connectivity index (χ1n) is 12.3. The zero-order chi connectivity index (χ0) is 24.3. The lowest BCUT2D eigenvalue weighted by atomic mass is 9.99. The summed E-state index contributed by atoms with van der Waals surface area (Å²) in [5.41, 5.74) is 3.80. The maximum atomic E-state index is 13.2. The van der Waals surface area contributed by atoms with E-state index in [0.29, 0.717) is 18.0 Å². The molecule has 0 spiro atoms. The Labute approximate surface area is 207 Å². The summed E-state index contributed by atoms with van der Waals surface area (Å²) in [5.74, 6) is 1.16. The summed E-state index contributed by atoms with van der Waals surface area (Å²) in [5, 5.41) is 11.0. The fourth-order valence-electron chi connectivity index (χ4n) is 4.44. The van der Waals surface area contributed by atoms with Gasteiger partial charge in [0.15, 0.2) is 0 Å². The van der Waals surface area contributed by atoms with Gasteiger partial charge >= 0.3 is 0 Å². The van der Waals surface area contributed by atoms with Crippen molar-refractivity contribution in [3.8, 4) is 0 Å². The third-order valence-electron chi connectivity index (χ3n) is 6.51. The third-order valence-corrected chi connectivity index (χ3v) is 7.08. The van der Waals surface area contributed by atoms with Crippen molar-refractivity contribution < 1.29 is 8.68 Å². The second kappa shape index (κ2) is 13.4. The topological polar surface area (TPSA) is 58.9 Å². The van der Waals surface area contributed by atoms with E-state index in [1.54, 1.807) is 4.68 Å². The van der Waals surface area contributed by atoms with Gasteiger partial charge in [-0.1, -0.05) is 56.5 Å². The third kappa shape index (κ3) is 7.23. The van der Waals surface area contributed by atoms with E-state index >= 15 is 0 Å². The largest absolute Gasteiger partial charge is 0.370 e. The number of aromatic nitrogens is 2. The summed E-state index contributed by atoms with van der Waals surface area (Å²) < 4.78 is 14.9. The second-order valence-electron chi connectivity index (χ2n) is 9.07. The van der Waals surface area contributed by atoms with Crippen molar-refractivity contribution >= 4 is 29.4 Å². The zero-order valence-electron chi connectivity index (χ0n) is 20.4. The standard InChI is InChI=1S/C27H37FN4OS/c1-20-12-8-9-15-24(20)21(2)18-26(32-22(3)25(34-28)19-31-32)29-16-10-11-17-30-27(33)23-13-6-4-5-7-14-23/h8-9,12,15,18-19,23,29H,2,4-7,10-11,13-14,16-17H2,1,3H3,(H,30,33)/b26-18-. The van der Waals surface area contributed by atoms with Crippen molar-refractivity contribution in [3.63, 3.8) is 0 Å². The minimum absolute atomic E-state index is 0.188. The van der Waals surface area contributed by atoms with Crippen LogP contribution < -0.4 is 10.6 Å². The highest BCUT2D eigenvalue weighted by Crippen LogP contribution is 2.26. The van der Waals surface area contributed by atoms with Gasteiger partial charge in [0, 0.05) is 19.0 Å². The molecule has 0 radical (unpaired) electrons. The lowest BCUT2D eigenvalue weighted by molar-refractivity contribution is -0.125. The average Bonchev–Trinajstić information content (AvgIpc) is 3.02. The Bertz CT molecular complexity index is 992. The number of allylic oxidation sites excluding steroid dienone is 2. The lowest BCUT2D eigenvalue weighted by Gasteiger charge is -2.16. The molecule has 1 aliphatic rings. The van der Waals surface area contributed by atoms with E-state index in [0.717, 1.165) is 53.9 Å². The lowest BCUT2D eigenvalue weighted by Crippen LogP contribution is -2.31. The number of rotatable bonds is 11. The van der Waals surface area contributed by atoms with Gasteiger partial charge in [0.2, 0.25) is 5.91 Å². The molecule has 34 heavy (non-hydrogen) atoms. The molecule has 184 valence electrons. The molecule has 3 rings (SSSR count). The number of unbranched alkanes of at least 4 members (excludes halogenated alkanes) is 1. The smallest absolute Gasteiger partial charge is 0.223 e. The molecule has 7 heteroatoms. The van der Waals surface area contributed by atoms with Gasteiger partial charge < -0.3 is 10.6 Å². The van der Waals surface area contributed by atoms with Crippen molar-refractivity contribution in [2.24, 2.45) is 5.92 Å². The molecule has 5 nitrogen and oxygen atoms in total. The highest BCUT2D eigenvalue weighted by atomic mass is 32.2. The first-order chi connectivity index (χ1) is 16.5. The van der Waals surface area contributed by atoms with Crippen molar-refractivity contribution in [2.75, 3.05) is 13.1 Å². The van der Waals surface area contributed by atoms with Crippen LogP contribution in [0.1, 0.15) is 68.2 Å². The molecule has 2 N–H and O–H groups in total. The quantitative estimate of drug-likeness (QED) is 0.219. The molecular weight excluding hydrogens is 447 g/mol. The highest BCUT2D eigenvalue weighted by molar-refractivity contribution is 7.94. The van der Waals surface area contributed by atoms with Crippen molar-refractivity contribution in [1.29, 1.82) is 0 Å². The Morgan fingerprint density at radius 1 is 1.15 bits per heavy atom. The van der Waals surface area contributed by atoms with Crippen LogP contribution in [0.3, 0.4) is 0 Å². The molecule has 1 saturated carbocycles. The summed E-state index contributed by atoms with van der Waals surface area (Å²) in [6.07, 6.45) is 12.2. The highest BCUT2D eigenvalue weighted by Gasteiger charge is 2.19. The fraction of sp³-hybridized carbons (Fsp3) is 0.481. The van der Waals surface area contributed by atoms with Gasteiger partial charge in [0.1, 0.15) is 5.82 Å².